The molecule has 0 fully saturated rings. The van der Waals surface area contributed by atoms with E-state index in [0.29, 0.717) is 11.3 Å². The SMILES string of the molecule is C[C@@H](OC(=O)Cc1csc(-c2cccnc2)n1)c1nnc(-c2ccc(F)cc2)o1. The fraction of sp³-hybridized carbons (Fsp3) is 0.150. The van der Waals surface area contributed by atoms with Gasteiger partial charge in [-0.1, -0.05) is 0 Å². The van der Waals surface area contributed by atoms with Crippen LogP contribution in [-0.2, 0) is 16.0 Å². The van der Waals surface area contributed by atoms with Crippen molar-refractivity contribution in [2.75, 3.05) is 0 Å². The second-order valence-corrected chi connectivity index (χ2v) is 7.01. The molecule has 1 atom stereocenters. The van der Waals surface area contributed by atoms with E-state index >= 15 is 0 Å². The van der Waals surface area contributed by atoms with Crippen molar-refractivity contribution in [3.05, 3.63) is 71.6 Å². The van der Waals surface area contributed by atoms with Crippen molar-refractivity contribution in [2.24, 2.45) is 0 Å². The maximum Gasteiger partial charge on any atom is 0.312 e. The highest BCUT2D eigenvalue weighted by Crippen LogP contribution is 2.25. The van der Waals surface area contributed by atoms with Crippen LogP contribution in [0.4, 0.5) is 4.39 Å². The minimum Gasteiger partial charge on any atom is -0.452 e. The van der Waals surface area contributed by atoms with Gasteiger partial charge in [0.25, 0.3) is 5.89 Å². The molecule has 0 saturated carbocycles. The lowest BCUT2D eigenvalue weighted by Gasteiger charge is -2.08. The highest BCUT2D eigenvalue weighted by atomic mass is 32.1. The molecule has 1 aromatic carbocycles. The van der Waals surface area contributed by atoms with Crippen LogP contribution >= 0.6 is 11.3 Å². The van der Waals surface area contributed by atoms with Gasteiger partial charge in [-0.3, -0.25) is 9.78 Å². The monoisotopic (exact) mass is 410 g/mol. The van der Waals surface area contributed by atoms with E-state index in [9.17, 15) is 9.18 Å². The summed E-state index contributed by atoms with van der Waals surface area (Å²) in [5, 5.41) is 10.4. The molecule has 146 valence electrons. The predicted octanol–water partition coefficient (Wildman–Crippen LogP) is 4.24. The summed E-state index contributed by atoms with van der Waals surface area (Å²) >= 11 is 1.44. The van der Waals surface area contributed by atoms with Crippen LogP contribution in [0.25, 0.3) is 22.0 Å². The first-order chi connectivity index (χ1) is 14.1. The minimum atomic E-state index is -0.722. The van der Waals surface area contributed by atoms with Gasteiger partial charge in [-0.25, -0.2) is 9.37 Å². The molecule has 0 aliphatic heterocycles. The number of hydrogen-bond donors (Lipinski definition) is 0. The number of esters is 1. The Morgan fingerprint density at radius 1 is 1.21 bits per heavy atom. The van der Waals surface area contributed by atoms with Crippen LogP contribution in [0.15, 0.2) is 58.6 Å². The minimum absolute atomic E-state index is 0.0278. The summed E-state index contributed by atoms with van der Waals surface area (Å²) in [7, 11) is 0. The third-order valence-electron chi connectivity index (χ3n) is 3.97. The molecule has 4 aromatic rings. The van der Waals surface area contributed by atoms with Gasteiger partial charge in [-0.05, 0) is 43.3 Å². The Kier molecular flexibility index (Phi) is 5.39. The van der Waals surface area contributed by atoms with Crippen LogP contribution in [0.5, 0.6) is 0 Å². The zero-order valence-electron chi connectivity index (χ0n) is 15.3. The Morgan fingerprint density at radius 3 is 2.79 bits per heavy atom. The summed E-state index contributed by atoms with van der Waals surface area (Å²) in [6.07, 6.45) is 2.72. The third-order valence-corrected chi connectivity index (χ3v) is 4.91. The van der Waals surface area contributed by atoms with E-state index in [0.717, 1.165) is 10.6 Å². The number of pyridine rings is 1. The van der Waals surface area contributed by atoms with E-state index < -0.39 is 12.1 Å². The van der Waals surface area contributed by atoms with Crippen LogP contribution < -0.4 is 0 Å². The predicted molar refractivity (Wildman–Crippen MR) is 103 cm³/mol. The van der Waals surface area contributed by atoms with Crippen molar-refractivity contribution in [1.29, 1.82) is 0 Å². The topological polar surface area (TPSA) is 91.0 Å². The second-order valence-electron chi connectivity index (χ2n) is 6.15. The first kappa shape index (κ1) is 18.9. The Labute approximate surface area is 169 Å². The Hall–Kier alpha value is -3.46. The molecule has 0 radical (unpaired) electrons. The molecule has 0 spiro atoms. The molecule has 4 rings (SSSR count). The fourth-order valence-electron chi connectivity index (χ4n) is 2.56. The summed E-state index contributed by atoms with van der Waals surface area (Å²) in [4.78, 5) is 20.8. The number of aromatic nitrogens is 4. The average Bonchev–Trinajstić information content (AvgIpc) is 3.39. The van der Waals surface area contributed by atoms with Crippen molar-refractivity contribution < 1.29 is 18.3 Å². The molecule has 7 nitrogen and oxygen atoms in total. The summed E-state index contributed by atoms with van der Waals surface area (Å²) in [5.41, 5.74) is 2.09. The highest BCUT2D eigenvalue weighted by molar-refractivity contribution is 7.13. The van der Waals surface area contributed by atoms with Crippen molar-refractivity contribution >= 4 is 17.3 Å². The summed E-state index contributed by atoms with van der Waals surface area (Å²) in [6.45, 7) is 1.64. The lowest BCUT2D eigenvalue weighted by Crippen LogP contribution is -2.12. The number of thiazole rings is 1. The molecule has 9 heteroatoms. The third kappa shape index (κ3) is 4.52. The molecule has 0 bridgehead atoms. The molecule has 0 aliphatic rings. The number of carbonyl (C=O) groups excluding carboxylic acids is 1. The number of nitrogens with zero attached hydrogens (tertiary/aromatic N) is 4. The normalized spacial score (nSPS) is 11.9. The molecule has 0 aliphatic carbocycles. The van der Waals surface area contributed by atoms with Gasteiger partial charge in [0.05, 0.1) is 12.1 Å². The first-order valence-electron chi connectivity index (χ1n) is 8.72. The van der Waals surface area contributed by atoms with Crippen molar-refractivity contribution in [3.63, 3.8) is 0 Å². The molecule has 3 heterocycles. The van der Waals surface area contributed by atoms with Crippen LogP contribution in [0.2, 0.25) is 0 Å². The molecular weight excluding hydrogens is 395 g/mol. The van der Waals surface area contributed by atoms with Crippen LogP contribution in [-0.4, -0.2) is 26.1 Å². The number of benzene rings is 1. The van der Waals surface area contributed by atoms with Gasteiger partial charge in [0.2, 0.25) is 5.89 Å². The van der Waals surface area contributed by atoms with Gasteiger partial charge in [-0.2, -0.15) is 0 Å². The first-order valence-corrected chi connectivity index (χ1v) is 9.60. The lowest BCUT2D eigenvalue weighted by molar-refractivity contribution is -0.148. The van der Waals surface area contributed by atoms with E-state index in [1.807, 2.05) is 17.5 Å². The summed E-state index contributed by atoms with van der Waals surface area (Å²) in [6, 6.07) is 9.41. The molecule has 0 N–H and O–H groups in total. The molecule has 3 aromatic heterocycles. The van der Waals surface area contributed by atoms with Crippen molar-refractivity contribution in [2.45, 2.75) is 19.4 Å². The van der Waals surface area contributed by atoms with Crippen LogP contribution in [0.3, 0.4) is 0 Å². The fourth-order valence-corrected chi connectivity index (χ4v) is 3.37. The van der Waals surface area contributed by atoms with E-state index in [-0.39, 0.29) is 24.0 Å². The van der Waals surface area contributed by atoms with Gasteiger partial charge in [-0.15, -0.1) is 21.5 Å². The highest BCUT2D eigenvalue weighted by Gasteiger charge is 2.20. The Bertz CT molecular complexity index is 1110. The molecule has 0 unspecified atom stereocenters. The Morgan fingerprint density at radius 2 is 2.03 bits per heavy atom. The molecular formula is C20H15FN4O3S. The zero-order chi connectivity index (χ0) is 20.2. The smallest absolute Gasteiger partial charge is 0.312 e. The van der Waals surface area contributed by atoms with Crippen molar-refractivity contribution in [3.8, 4) is 22.0 Å². The van der Waals surface area contributed by atoms with E-state index in [4.69, 9.17) is 9.15 Å². The van der Waals surface area contributed by atoms with E-state index in [1.165, 1.54) is 35.6 Å². The zero-order valence-corrected chi connectivity index (χ0v) is 16.1. The maximum atomic E-state index is 13.0. The van der Waals surface area contributed by atoms with Crippen molar-refractivity contribution in [1.82, 2.24) is 20.2 Å². The van der Waals surface area contributed by atoms with Gasteiger partial charge >= 0.3 is 5.97 Å². The number of halogens is 1. The standard InChI is InChI=1S/C20H15FN4O3S/c1-12(18-24-25-19(28-18)13-4-6-15(21)7-5-13)27-17(26)9-16-11-29-20(23-16)14-3-2-8-22-10-14/h2-8,10-12H,9H2,1H3/t12-/m1/s1. The summed E-state index contributed by atoms with van der Waals surface area (Å²) < 4.78 is 23.9. The quantitative estimate of drug-likeness (QED) is 0.439. The van der Waals surface area contributed by atoms with Crippen LogP contribution in [0, 0.1) is 5.82 Å². The Balaban J connectivity index is 1.38. The molecule has 0 amide bonds. The maximum absolute atomic E-state index is 13.0. The van der Waals surface area contributed by atoms with Gasteiger partial charge in [0, 0.05) is 28.9 Å². The van der Waals surface area contributed by atoms with E-state index in [2.05, 4.69) is 20.2 Å². The average molecular weight is 410 g/mol. The number of hydrogen-bond acceptors (Lipinski definition) is 8. The number of rotatable bonds is 6. The largest absolute Gasteiger partial charge is 0.452 e. The van der Waals surface area contributed by atoms with E-state index in [1.54, 1.807) is 19.3 Å². The number of carbonyl (C=O) groups is 1. The van der Waals surface area contributed by atoms with Crippen LogP contribution in [0.1, 0.15) is 24.6 Å². The lowest BCUT2D eigenvalue weighted by atomic mass is 10.2. The summed E-state index contributed by atoms with van der Waals surface area (Å²) in [5.74, 6) is -0.429. The van der Waals surface area contributed by atoms with Gasteiger partial charge in [0.15, 0.2) is 6.10 Å². The van der Waals surface area contributed by atoms with Gasteiger partial charge < -0.3 is 9.15 Å². The molecule has 0 saturated heterocycles. The molecule has 29 heavy (non-hydrogen) atoms. The van der Waals surface area contributed by atoms with Gasteiger partial charge in [0.1, 0.15) is 10.8 Å². The second kappa shape index (κ2) is 8.27. The number of ether oxygens (including phenoxy) is 1.